The molecule has 3 aliphatic carbocycles. The number of hydrogen-bond donors (Lipinski definition) is 1. The average Bonchev–Trinajstić information content (AvgIpc) is 3.10. The molecule has 4 unspecified atom stereocenters. The zero-order chi connectivity index (χ0) is 22.3. The van der Waals surface area contributed by atoms with Gasteiger partial charge in [-0.15, -0.1) is 0 Å². The van der Waals surface area contributed by atoms with Crippen molar-refractivity contribution in [2.24, 2.45) is 27.5 Å². The SMILES string of the molecule is CC12CCC3c4ccc(O)cc4CCC3C1CC/C2=N\N=C\c1ccc(OC(F)F)cc1. The number of alkyl halides is 2. The number of nitrogens with zero attached hydrogens (tertiary/aromatic N) is 2. The van der Waals surface area contributed by atoms with Gasteiger partial charge in [-0.25, -0.2) is 0 Å². The highest BCUT2D eigenvalue weighted by molar-refractivity contribution is 5.93. The first-order valence-electron chi connectivity index (χ1n) is 11.4. The first-order chi connectivity index (χ1) is 15.4. The highest BCUT2D eigenvalue weighted by Crippen LogP contribution is 2.60. The monoisotopic (exact) mass is 438 g/mol. The van der Waals surface area contributed by atoms with Gasteiger partial charge in [-0.2, -0.15) is 19.0 Å². The second-order valence-corrected chi connectivity index (χ2v) is 9.53. The number of benzene rings is 2. The highest BCUT2D eigenvalue weighted by Gasteiger charge is 2.53. The van der Waals surface area contributed by atoms with Crippen molar-refractivity contribution in [3.05, 3.63) is 59.2 Å². The van der Waals surface area contributed by atoms with E-state index in [1.54, 1.807) is 18.3 Å². The van der Waals surface area contributed by atoms with E-state index in [2.05, 4.69) is 27.9 Å². The minimum absolute atomic E-state index is 0.0852. The molecule has 6 heteroatoms. The number of fused-ring (bicyclic) bond motifs is 5. The number of aryl methyl sites for hydroxylation is 1. The summed E-state index contributed by atoms with van der Waals surface area (Å²) in [6, 6.07) is 12.3. The van der Waals surface area contributed by atoms with E-state index in [9.17, 15) is 13.9 Å². The summed E-state index contributed by atoms with van der Waals surface area (Å²) in [5.74, 6) is 2.35. The van der Waals surface area contributed by atoms with Gasteiger partial charge >= 0.3 is 6.61 Å². The molecular weight excluding hydrogens is 410 g/mol. The predicted molar refractivity (Wildman–Crippen MR) is 121 cm³/mol. The van der Waals surface area contributed by atoms with Gasteiger partial charge in [-0.1, -0.05) is 13.0 Å². The van der Waals surface area contributed by atoms with E-state index in [0.29, 0.717) is 23.5 Å². The molecule has 0 bridgehead atoms. The maximum Gasteiger partial charge on any atom is 0.387 e. The van der Waals surface area contributed by atoms with E-state index in [0.717, 1.165) is 37.7 Å². The number of phenols is 1. The maximum atomic E-state index is 12.3. The van der Waals surface area contributed by atoms with Crippen LogP contribution in [0, 0.1) is 17.3 Å². The zero-order valence-corrected chi connectivity index (χ0v) is 18.2. The first kappa shape index (κ1) is 21.1. The fraction of sp³-hybridized carbons (Fsp3) is 0.462. The van der Waals surface area contributed by atoms with Crippen LogP contribution in [0.25, 0.3) is 0 Å². The topological polar surface area (TPSA) is 54.2 Å². The molecule has 1 N–H and O–H groups in total. The van der Waals surface area contributed by atoms with E-state index in [1.165, 1.54) is 35.4 Å². The normalized spacial score (nSPS) is 30.4. The Morgan fingerprint density at radius 3 is 2.69 bits per heavy atom. The summed E-state index contributed by atoms with van der Waals surface area (Å²) in [7, 11) is 0. The Kier molecular flexibility index (Phi) is 5.48. The molecule has 32 heavy (non-hydrogen) atoms. The van der Waals surface area contributed by atoms with Crippen LogP contribution < -0.4 is 4.74 Å². The molecule has 4 atom stereocenters. The molecule has 0 aromatic heterocycles. The Morgan fingerprint density at radius 2 is 1.91 bits per heavy atom. The van der Waals surface area contributed by atoms with Crippen molar-refractivity contribution in [2.45, 2.75) is 58.0 Å². The Bertz CT molecular complexity index is 1050. The molecule has 2 aromatic rings. The lowest BCUT2D eigenvalue weighted by molar-refractivity contribution is -0.0498. The van der Waals surface area contributed by atoms with Crippen molar-refractivity contribution >= 4 is 11.9 Å². The molecular formula is C26H28F2N2O2. The fourth-order valence-electron chi connectivity index (χ4n) is 6.42. The van der Waals surface area contributed by atoms with Gasteiger partial charge in [0.25, 0.3) is 0 Å². The lowest BCUT2D eigenvalue weighted by Gasteiger charge is -2.49. The molecule has 0 amide bonds. The van der Waals surface area contributed by atoms with Crippen LogP contribution in [-0.2, 0) is 6.42 Å². The van der Waals surface area contributed by atoms with Crippen LogP contribution >= 0.6 is 0 Å². The number of halogens is 2. The van der Waals surface area contributed by atoms with Crippen molar-refractivity contribution < 1.29 is 18.6 Å². The summed E-state index contributed by atoms with van der Waals surface area (Å²) in [6.07, 6.45) is 8.25. The van der Waals surface area contributed by atoms with Gasteiger partial charge in [0.1, 0.15) is 11.5 Å². The lowest BCUT2D eigenvalue weighted by Crippen LogP contribution is -2.42. The minimum atomic E-state index is -2.82. The van der Waals surface area contributed by atoms with Crippen molar-refractivity contribution in [3.63, 3.8) is 0 Å². The molecule has 0 radical (unpaired) electrons. The first-order valence-corrected chi connectivity index (χ1v) is 11.4. The fourth-order valence-corrected chi connectivity index (χ4v) is 6.42. The van der Waals surface area contributed by atoms with Gasteiger partial charge in [0.2, 0.25) is 0 Å². The quantitative estimate of drug-likeness (QED) is 0.448. The Labute approximate surface area is 187 Å². The second kappa shape index (κ2) is 8.30. The molecule has 168 valence electrons. The van der Waals surface area contributed by atoms with Gasteiger partial charge < -0.3 is 9.84 Å². The summed E-state index contributed by atoms with van der Waals surface area (Å²) in [6.45, 7) is -0.463. The summed E-state index contributed by atoms with van der Waals surface area (Å²) >= 11 is 0. The zero-order valence-electron chi connectivity index (χ0n) is 18.2. The number of rotatable bonds is 4. The van der Waals surface area contributed by atoms with Gasteiger partial charge in [0.05, 0.1) is 6.21 Å². The summed E-state index contributed by atoms with van der Waals surface area (Å²) in [5.41, 5.74) is 4.82. The van der Waals surface area contributed by atoms with E-state index in [4.69, 9.17) is 0 Å². The van der Waals surface area contributed by atoms with Crippen molar-refractivity contribution in [1.29, 1.82) is 0 Å². The van der Waals surface area contributed by atoms with Crippen molar-refractivity contribution in [1.82, 2.24) is 0 Å². The van der Waals surface area contributed by atoms with Crippen LogP contribution in [-0.4, -0.2) is 23.6 Å². The Hall–Kier alpha value is -2.76. The standard InChI is InChI=1S/C26H28F2N2O2/c1-26-13-12-21-20-9-5-18(31)14-17(20)4-8-22(21)23(26)10-11-24(26)30-29-15-16-2-6-19(7-3-16)32-25(27)28/h2-3,5-7,9,14-15,21-23,25,31H,4,8,10-13H2,1H3/b29-15+,30-24+. The molecule has 0 aliphatic heterocycles. The van der Waals surface area contributed by atoms with Crippen LogP contribution in [0.3, 0.4) is 0 Å². The van der Waals surface area contributed by atoms with Crippen LogP contribution in [0.15, 0.2) is 52.7 Å². The smallest absolute Gasteiger partial charge is 0.387 e. The van der Waals surface area contributed by atoms with Gasteiger partial charge in [-0.05, 0) is 109 Å². The molecule has 2 saturated carbocycles. The maximum absolute atomic E-state index is 12.3. The van der Waals surface area contributed by atoms with E-state index >= 15 is 0 Å². The lowest BCUT2D eigenvalue weighted by atomic mass is 9.55. The molecule has 4 nitrogen and oxygen atoms in total. The molecule has 5 rings (SSSR count). The van der Waals surface area contributed by atoms with Crippen LogP contribution in [0.4, 0.5) is 8.78 Å². The third-order valence-electron chi connectivity index (χ3n) is 7.94. The van der Waals surface area contributed by atoms with E-state index < -0.39 is 6.61 Å². The number of phenolic OH excluding ortho intramolecular Hbond substituents is 1. The number of ether oxygens (including phenoxy) is 1. The summed E-state index contributed by atoms with van der Waals surface area (Å²) in [4.78, 5) is 0. The largest absolute Gasteiger partial charge is 0.508 e. The Morgan fingerprint density at radius 1 is 1.09 bits per heavy atom. The second-order valence-electron chi connectivity index (χ2n) is 9.53. The van der Waals surface area contributed by atoms with Crippen LogP contribution in [0.5, 0.6) is 11.5 Å². The van der Waals surface area contributed by atoms with Crippen LogP contribution in [0.1, 0.15) is 61.6 Å². The van der Waals surface area contributed by atoms with Crippen LogP contribution in [0.2, 0.25) is 0 Å². The average molecular weight is 439 g/mol. The predicted octanol–water partition coefficient (Wildman–Crippen LogP) is 6.32. The van der Waals surface area contributed by atoms with E-state index in [1.807, 2.05) is 12.1 Å². The summed E-state index contributed by atoms with van der Waals surface area (Å²) < 4.78 is 29.0. The van der Waals surface area contributed by atoms with Crippen molar-refractivity contribution in [3.8, 4) is 11.5 Å². The van der Waals surface area contributed by atoms with Gasteiger partial charge in [0.15, 0.2) is 0 Å². The molecule has 0 spiro atoms. The molecule has 0 saturated heterocycles. The number of hydrogen-bond acceptors (Lipinski definition) is 4. The molecule has 2 fully saturated rings. The summed E-state index contributed by atoms with van der Waals surface area (Å²) in [5, 5.41) is 18.8. The Balaban J connectivity index is 1.31. The van der Waals surface area contributed by atoms with Gasteiger partial charge in [-0.3, -0.25) is 0 Å². The molecule has 3 aliphatic rings. The third kappa shape index (κ3) is 3.80. The van der Waals surface area contributed by atoms with Crippen molar-refractivity contribution in [2.75, 3.05) is 0 Å². The highest BCUT2D eigenvalue weighted by atomic mass is 19.3. The van der Waals surface area contributed by atoms with Gasteiger partial charge in [0, 0.05) is 11.1 Å². The molecule has 2 aromatic carbocycles. The molecule has 0 heterocycles. The van der Waals surface area contributed by atoms with E-state index in [-0.39, 0.29) is 11.2 Å². The minimum Gasteiger partial charge on any atom is -0.508 e. The number of aromatic hydroxyl groups is 1. The third-order valence-corrected chi connectivity index (χ3v) is 7.94.